The molecule has 5 atom stereocenters. The van der Waals surface area contributed by atoms with Gasteiger partial charge in [-0.1, -0.05) is 42.5 Å². The average molecular weight is 298 g/mol. The van der Waals surface area contributed by atoms with Crippen molar-refractivity contribution in [2.24, 2.45) is 11.8 Å². The van der Waals surface area contributed by atoms with Crippen LogP contribution in [0.4, 0.5) is 0 Å². The van der Waals surface area contributed by atoms with Gasteiger partial charge in [-0.3, -0.25) is 4.79 Å². The first-order valence-corrected chi connectivity index (χ1v) is 7.47. The summed E-state index contributed by atoms with van der Waals surface area (Å²) in [5.74, 6) is -2.91. The van der Waals surface area contributed by atoms with Gasteiger partial charge in [0.1, 0.15) is 5.60 Å². The number of likely N-dealkylation sites (tertiary alicyclic amines) is 1. The molecule has 2 saturated heterocycles. The van der Waals surface area contributed by atoms with Crippen LogP contribution in [0.15, 0.2) is 42.5 Å². The molecule has 22 heavy (non-hydrogen) atoms. The van der Waals surface area contributed by atoms with Crippen LogP contribution < -0.4 is 5.11 Å². The number of ether oxygens (including phenoxy) is 1. The molecule has 4 rings (SSSR count). The second-order valence-electron chi connectivity index (χ2n) is 6.27. The van der Waals surface area contributed by atoms with Crippen LogP contribution in [0.25, 0.3) is 0 Å². The third-order valence-electron chi connectivity index (χ3n) is 5.15. The Kier molecular flexibility index (Phi) is 2.72. The van der Waals surface area contributed by atoms with Crippen molar-refractivity contribution in [1.29, 1.82) is 0 Å². The molecule has 1 spiro atoms. The van der Waals surface area contributed by atoms with Crippen molar-refractivity contribution in [2.75, 3.05) is 6.54 Å². The molecule has 3 heterocycles. The van der Waals surface area contributed by atoms with E-state index in [1.54, 1.807) is 11.0 Å². The Morgan fingerprint density at radius 3 is 2.82 bits per heavy atom. The van der Waals surface area contributed by atoms with Crippen LogP contribution in [0.2, 0.25) is 0 Å². The molecule has 114 valence electrons. The maximum atomic E-state index is 12.8. The molecule has 0 saturated carbocycles. The largest absolute Gasteiger partial charge is 0.550 e. The summed E-state index contributed by atoms with van der Waals surface area (Å²) in [4.78, 5) is 26.0. The Hall–Kier alpha value is -2.14. The van der Waals surface area contributed by atoms with Gasteiger partial charge in [-0.15, -0.1) is 0 Å². The van der Waals surface area contributed by atoms with Crippen molar-refractivity contribution < 1.29 is 19.4 Å². The first-order chi connectivity index (χ1) is 10.5. The second kappa shape index (κ2) is 4.43. The van der Waals surface area contributed by atoms with Gasteiger partial charge in [0.2, 0.25) is 5.91 Å². The van der Waals surface area contributed by atoms with E-state index < -0.39 is 29.5 Å². The van der Waals surface area contributed by atoms with E-state index in [1.807, 2.05) is 43.3 Å². The van der Waals surface area contributed by atoms with Gasteiger partial charge in [-0.25, -0.2) is 0 Å². The minimum absolute atomic E-state index is 0.118. The van der Waals surface area contributed by atoms with E-state index in [1.165, 1.54) is 0 Å². The van der Waals surface area contributed by atoms with E-state index in [4.69, 9.17) is 4.74 Å². The van der Waals surface area contributed by atoms with Crippen LogP contribution in [-0.2, 0) is 14.3 Å². The van der Waals surface area contributed by atoms with Crippen molar-refractivity contribution in [3.05, 3.63) is 48.0 Å². The van der Waals surface area contributed by atoms with Gasteiger partial charge in [0, 0.05) is 11.9 Å². The number of benzene rings is 1. The Morgan fingerprint density at radius 2 is 2.14 bits per heavy atom. The molecule has 0 aliphatic carbocycles. The fourth-order valence-corrected chi connectivity index (χ4v) is 4.04. The molecule has 0 radical (unpaired) electrons. The molecule has 1 aromatic carbocycles. The van der Waals surface area contributed by atoms with E-state index >= 15 is 0 Å². The van der Waals surface area contributed by atoms with Crippen LogP contribution in [-0.4, -0.2) is 35.0 Å². The summed E-state index contributed by atoms with van der Waals surface area (Å²) in [6.45, 7) is 2.35. The quantitative estimate of drug-likeness (QED) is 0.752. The summed E-state index contributed by atoms with van der Waals surface area (Å²) >= 11 is 0. The lowest BCUT2D eigenvalue weighted by molar-refractivity contribution is -0.313. The number of carbonyl (C=O) groups is 2. The predicted molar refractivity (Wildman–Crippen MR) is 75.3 cm³/mol. The Morgan fingerprint density at radius 1 is 1.41 bits per heavy atom. The zero-order valence-corrected chi connectivity index (χ0v) is 12.1. The highest BCUT2D eigenvalue weighted by atomic mass is 16.5. The molecule has 1 aromatic rings. The second-order valence-corrected chi connectivity index (χ2v) is 6.27. The summed E-state index contributed by atoms with van der Waals surface area (Å²) in [5.41, 5.74) is 0.228. The van der Waals surface area contributed by atoms with Crippen molar-refractivity contribution in [2.45, 2.75) is 24.7 Å². The fraction of sp³-hybridized carbons (Fsp3) is 0.412. The van der Waals surface area contributed by atoms with Crippen molar-refractivity contribution in [3.63, 3.8) is 0 Å². The van der Waals surface area contributed by atoms with Gasteiger partial charge in [0.15, 0.2) is 0 Å². The van der Waals surface area contributed by atoms with Crippen LogP contribution in [0.3, 0.4) is 0 Å². The predicted octanol–water partition coefficient (Wildman–Crippen LogP) is 0.279. The number of carboxylic acid groups (broad SMARTS) is 1. The highest BCUT2D eigenvalue weighted by Gasteiger charge is 2.65. The molecule has 2 fully saturated rings. The van der Waals surface area contributed by atoms with Crippen LogP contribution >= 0.6 is 0 Å². The Labute approximate surface area is 128 Å². The van der Waals surface area contributed by atoms with Crippen LogP contribution in [0, 0.1) is 11.8 Å². The molecule has 5 nitrogen and oxygen atoms in total. The van der Waals surface area contributed by atoms with Gasteiger partial charge < -0.3 is 19.5 Å². The molecule has 3 aliphatic rings. The summed E-state index contributed by atoms with van der Waals surface area (Å²) in [7, 11) is 0. The van der Waals surface area contributed by atoms with Gasteiger partial charge >= 0.3 is 0 Å². The number of hydrogen-bond donors (Lipinski definition) is 0. The van der Waals surface area contributed by atoms with E-state index in [9.17, 15) is 14.7 Å². The van der Waals surface area contributed by atoms with Gasteiger partial charge in [0.25, 0.3) is 0 Å². The van der Waals surface area contributed by atoms with E-state index in [0.717, 1.165) is 5.56 Å². The number of fused-ring (bicyclic) bond motifs is 1. The molecular formula is C17H16NO4-. The topological polar surface area (TPSA) is 69.7 Å². The molecule has 0 unspecified atom stereocenters. The lowest BCUT2D eigenvalue weighted by Gasteiger charge is -2.28. The van der Waals surface area contributed by atoms with E-state index in [2.05, 4.69) is 0 Å². The Balaban J connectivity index is 1.68. The average Bonchev–Trinajstić information content (AvgIpc) is 3.15. The third kappa shape index (κ3) is 1.63. The standard InChI is InChI=1S/C17H17NO4/c1-10(11-5-3-2-4-6-11)18-9-17-8-7-12(22-17)13(16(20)21)14(17)15(18)19/h2-8,10,12-14H,9H2,1H3,(H,20,21)/p-1/t10-,12-,13+,14-,17+/m0/s1. The normalized spacial score (nSPS) is 36.7. The maximum absolute atomic E-state index is 12.8. The SMILES string of the molecule is C[C@@H](c1ccccc1)N1C[C@@]23C=C[C@H](O2)[C@@H](C(=O)[O-])[C@H]3C1=O. The minimum Gasteiger partial charge on any atom is -0.550 e. The highest BCUT2D eigenvalue weighted by molar-refractivity contribution is 5.90. The van der Waals surface area contributed by atoms with Crippen LogP contribution in [0.1, 0.15) is 18.5 Å². The van der Waals surface area contributed by atoms with Gasteiger partial charge in [-0.2, -0.15) is 0 Å². The molecule has 0 aromatic heterocycles. The number of rotatable bonds is 3. The fourth-order valence-electron chi connectivity index (χ4n) is 4.04. The zero-order chi connectivity index (χ0) is 15.5. The number of amides is 1. The summed E-state index contributed by atoms with van der Waals surface area (Å²) < 4.78 is 5.85. The third-order valence-corrected chi connectivity index (χ3v) is 5.15. The molecule has 2 bridgehead atoms. The van der Waals surface area contributed by atoms with Crippen molar-refractivity contribution in [3.8, 4) is 0 Å². The highest BCUT2D eigenvalue weighted by Crippen LogP contribution is 2.52. The lowest BCUT2D eigenvalue weighted by Crippen LogP contribution is -2.45. The maximum Gasteiger partial charge on any atom is 0.230 e. The molecule has 1 amide bonds. The van der Waals surface area contributed by atoms with Gasteiger partial charge in [0.05, 0.1) is 24.6 Å². The number of hydrogen-bond acceptors (Lipinski definition) is 4. The smallest absolute Gasteiger partial charge is 0.230 e. The zero-order valence-electron chi connectivity index (χ0n) is 12.1. The number of nitrogens with zero attached hydrogens (tertiary/aromatic N) is 1. The molecule has 3 aliphatic heterocycles. The first-order valence-electron chi connectivity index (χ1n) is 7.47. The number of aliphatic carboxylic acids is 1. The lowest BCUT2D eigenvalue weighted by atomic mass is 9.77. The number of carbonyl (C=O) groups excluding carboxylic acids is 2. The van der Waals surface area contributed by atoms with Crippen molar-refractivity contribution in [1.82, 2.24) is 4.90 Å². The van der Waals surface area contributed by atoms with Crippen molar-refractivity contribution >= 4 is 11.9 Å². The van der Waals surface area contributed by atoms with E-state index in [-0.39, 0.29) is 11.9 Å². The Bertz CT molecular complexity index is 670. The van der Waals surface area contributed by atoms with Gasteiger partial charge in [-0.05, 0) is 12.5 Å². The van der Waals surface area contributed by atoms with Crippen LogP contribution in [0.5, 0.6) is 0 Å². The molecular weight excluding hydrogens is 282 g/mol. The minimum atomic E-state index is -1.20. The summed E-state index contributed by atoms with van der Waals surface area (Å²) in [5, 5.41) is 11.4. The summed E-state index contributed by atoms with van der Waals surface area (Å²) in [6, 6.07) is 9.60. The molecule has 0 N–H and O–H groups in total. The monoisotopic (exact) mass is 298 g/mol. The summed E-state index contributed by atoms with van der Waals surface area (Å²) in [6.07, 6.45) is 3.08. The number of carboxylic acids is 1. The van der Waals surface area contributed by atoms with E-state index in [0.29, 0.717) is 6.54 Å². The first kappa shape index (κ1) is 13.5. The molecule has 5 heteroatoms.